The summed E-state index contributed by atoms with van der Waals surface area (Å²) < 4.78 is 27.7. The molecule has 3 nitrogen and oxygen atoms in total. The summed E-state index contributed by atoms with van der Waals surface area (Å²) in [6, 6.07) is 6.47. The number of hydrogen-bond acceptors (Lipinski definition) is 3. The first kappa shape index (κ1) is 9.27. The molecule has 73 valence electrons. The molecule has 1 aromatic carbocycles. The first-order valence-corrected chi connectivity index (χ1v) is 5.91. The van der Waals surface area contributed by atoms with Crippen LogP contribution in [0.2, 0.25) is 0 Å². The quantitative estimate of drug-likeness (QED) is 0.721. The molecule has 0 fully saturated rings. The van der Waals surface area contributed by atoms with Crippen LogP contribution in [0.5, 0.6) is 0 Å². The number of benzene rings is 1. The van der Waals surface area contributed by atoms with E-state index in [1.807, 2.05) is 0 Å². The van der Waals surface area contributed by atoms with E-state index in [-0.39, 0.29) is 0 Å². The molecule has 0 aliphatic carbocycles. The van der Waals surface area contributed by atoms with Crippen molar-refractivity contribution < 1.29 is 12.8 Å². The van der Waals surface area contributed by atoms with Crippen LogP contribution in [0, 0.1) is 6.92 Å². The van der Waals surface area contributed by atoms with E-state index in [9.17, 15) is 8.42 Å². The molecule has 0 saturated heterocycles. The van der Waals surface area contributed by atoms with E-state index in [4.69, 9.17) is 4.42 Å². The second-order valence-electron chi connectivity index (χ2n) is 3.18. The van der Waals surface area contributed by atoms with E-state index in [1.165, 1.54) is 12.3 Å². The number of sulfone groups is 1. The number of rotatable bonds is 1. The van der Waals surface area contributed by atoms with Gasteiger partial charge in [0.15, 0.2) is 9.84 Å². The summed E-state index contributed by atoms with van der Waals surface area (Å²) in [5, 5.41) is 0.762. The SMILES string of the molecule is [CH2]c1cc2cc(S(C)(=O)=O)ccc2o1. The second kappa shape index (κ2) is 2.85. The van der Waals surface area contributed by atoms with Crippen LogP contribution in [0.1, 0.15) is 5.76 Å². The molecule has 0 amide bonds. The average Bonchev–Trinajstić information content (AvgIpc) is 2.41. The Morgan fingerprint density at radius 1 is 1.29 bits per heavy atom. The van der Waals surface area contributed by atoms with Crippen LogP contribution in [0.25, 0.3) is 11.0 Å². The lowest BCUT2D eigenvalue weighted by Gasteiger charge is -1.96. The molecule has 0 N–H and O–H groups in total. The molecule has 0 spiro atoms. The fourth-order valence-electron chi connectivity index (χ4n) is 1.31. The van der Waals surface area contributed by atoms with Crippen molar-refractivity contribution in [1.29, 1.82) is 0 Å². The number of furan rings is 1. The highest BCUT2D eigenvalue weighted by atomic mass is 32.2. The van der Waals surface area contributed by atoms with Crippen LogP contribution < -0.4 is 0 Å². The highest BCUT2D eigenvalue weighted by Gasteiger charge is 2.09. The molecule has 4 heteroatoms. The highest BCUT2D eigenvalue weighted by molar-refractivity contribution is 7.90. The molecule has 1 aromatic heterocycles. The first-order valence-electron chi connectivity index (χ1n) is 4.02. The van der Waals surface area contributed by atoms with Gasteiger partial charge in [0.05, 0.1) is 4.90 Å². The van der Waals surface area contributed by atoms with Gasteiger partial charge < -0.3 is 4.42 Å². The second-order valence-corrected chi connectivity index (χ2v) is 5.20. The Morgan fingerprint density at radius 3 is 2.64 bits per heavy atom. The van der Waals surface area contributed by atoms with Crippen molar-refractivity contribution in [3.63, 3.8) is 0 Å². The summed E-state index contributed by atoms with van der Waals surface area (Å²) in [6.07, 6.45) is 1.18. The Hall–Kier alpha value is -1.29. The van der Waals surface area contributed by atoms with Crippen LogP contribution in [0.15, 0.2) is 33.6 Å². The normalized spacial score (nSPS) is 12.1. The minimum atomic E-state index is -3.15. The maximum absolute atomic E-state index is 11.2. The molecule has 0 saturated carbocycles. The molecule has 2 aromatic rings. The van der Waals surface area contributed by atoms with Gasteiger partial charge in [-0.1, -0.05) is 0 Å². The van der Waals surface area contributed by atoms with Crippen LogP contribution in [0.3, 0.4) is 0 Å². The number of fused-ring (bicyclic) bond motifs is 1. The van der Waals surface area contributed by atoms with Crippen molar-refractivity contribution in [2.75, 3.05) is 6.26 Å². The van der Waals surface area contributed by atoms with Gasteiger partial charge in [0, 0.05) is 18.6 Å². The molecule has 0 atom stereocenters. The van der Waals surface area contributed by atoms with E-state index in [0.717, 1.165) is 5.39 Å². The third-order valence-electron chi connectivity index (χ3n) is 1.97. The Morgan fingerprint density at radius 2 is 2.00 bits per heavy atom. The van der Waals surface area contributed by atoms with E-state index >= 15 is 0 Å². The maximum atomic E-state index is 11.2. The summed E-state index contributed by atoms with van der Waals surface area (Å²) >= 11 is 0. The summed E-state index contributed by atoms with van der Waals surface area (Å²) in [4.78, 5) is 0.297. The zero-order chi connectivity index (χ0) is 10.3. The summed E-state index contributed by atoms with van der Waals surface area (Å²) in [7, 11) is -3.15. The lowest BCUT2D eigenvalue weighted by molar-refractivity contribution is 0.594. The Bertz CT molecular complexity index is 578. The Balaban J connectivity index is 2.74. The van der Waals surface area contributed by atoms with Crippen molar-refractivity contribution in [2.45, 2.75) is 4.90 Å². The fourth-order valence-corrected chi connectivity index (χ4v) is 1.96. The number of hydrogen-bond donors (Lipinski definition) is 0. The van der Waals surface area contributed by atoms with E-state index < -0.39 is 9.84 Å². The van der Waals surface area contributed by atoms with Crippen LogP contribution in [0.4, 0.5) is 0 Å². The molecule has 1 radical (unpaired) electrons. The molecule has 0 aliphatic heterocycles. The van der Waals surface area contributed by atoms with Crippen LogP contribution in [-0.2, 0) is 9.84 Å². The molecule has 2 rings (SSSR count). The lowest BCUT2D eigenvalue weighted by Crippen LogP contribution is -1.95. The van der Waals surface area contributed by atoms with E-state index in [0.29, 0.717) is 16.2 Å². The summed E-state index contributed by atoms with van der Waals surface area (Å²) in [5.74, 6) is 0.533. The van der Waals surface area contributed by atoms with Crippen molar-refractivity contribution in [3.8, 4) is 0 Å². The first-order chi connectivity index (χ1) is 6.47. The van der Waals surface area contributed by atoms with Gasteiger partial charge in [0.25, 0.3) is 0 Å². The van der Waals surface area contributed by atoms with E-state index in [2.05, 4.69) is 6.92 Å². The molecule has 0 unspecified atom stereocenters. The Labute approximate surface area is 82.3 Å². The van der Waals surface area contributed by atoms with E-state index in [1.54, 1.807) is 18.2 Å². The van der Waals surface area contributed by atoms with Crippen LogP contribution in [-0.4, -0.2) is 14.7 Å². The van der Waals surface area contributed by atoms with Crippen LogP contribution >= 0.6 is 0 Å². The molecular formula is C10H9O3S. The average molecular weight is 209 g/mol. The van der Waals surface area contributed by atoms with Gasteiger partial charge >= 0.3 is 0 Å². The third-order valence-corrected chi connectivity index (χ3v) is 3.08. The van der Waals surface area contributed by atoms with Crippen molar-refractivity contribution in [2.24, 2.45) is 0 Å². The largest absolute Gasteiger partial charge is 0.461 e. The molecule has 14 heavy (non-hydrogen) atoms. The lowest BCUT2D eigenvalue weighted by atomic mass is 10.2. The smallest absolute Gasteiger partial charge is 0.175 e. The fraction of sp³-hybridized carbons (Fsp3) is 0.100. The van der Waals surface area contributed by atoms with Gasteiger partial charge in [-0.25, -0.2) is 8.42 Å². The summed E-state index contributed by atoms with van der Waals surface area (Å²) in [5.41, 5.74) is 0.655. The van der Waals surface area contributed by atoms with Crippen molar-refractivity contribution >= 4 is 20.8 Å². The maximum Gasteiger partial charge on any atom is 0.175 e. The zero-order valence-corrected chi connectivity index (χ0v) is 8.47. The van der Waals surface area contributed by atoms with Gasteiger partial charge in [0.1, 0.15) is 11.3 Å². The molecular weight excluding hydrogens is 200 g/mol. The summed E-state index contributed by atoms with van der Waals surface area (Å²) in [6.45, 7) is 3.63. The van der Waals surface area contributed by atoms with Crippen molar-refractivity contribution in [3.05, 3.63) is 36.9 Å². The standard InChI is InChI=1S/C10H9O3S/c1-7-5-8-6-9(14(2,11)12)3-4-10(8)13-7/h3-6H,1H2,2H3. The third kappa shape index (κ3) is 1.53. The molecule has 0 bridgehead atoms. The zero-order valence-electron chi connectivity index (χ0n) is 7.65. The van der Waals surface area contributed by atoms with Gasteiger partial charge in [-0.05, 0) is 24.3 Å². The van der Waals surface area contributed by atoms with Gasteiger partial charge in [-0.2, -0.15) is 0 Å². The predicted octanol–water partition coefficient (Wildman–Crippen LogP) is 2.02. The molecule has 0 aliphatic rings. The Kier molecular flexibility index (Phi) is 1.89. The van der Waals surface area contributed by atoms with Gasteiger partial charge in [-0.3, -0.25) is 0 Å². The molecule has 1 heterocycles. The topological polar surface area (TPSA) is 47.3 Å². The highest BCUT2D eigenvalue weighted by Crippen LogP contribution is 2.22. The van der Waals surface area contributed by atoms with Gasteiger partial charge in [0.2, 0.25) is 0 Å². The minimum absolute atomic E-state index is 0.297. The predicted molar refractivity (Wildman–Crippen MR) is 53.8 cm³/mol. The monoisotopic (exact) mass is 209 g/mol. The van der Waals surface area contributed by atoms with Gasteiger partial charge in [-0.15, -0.1) is 0 Å². The van der Waals surface area contributed by atoms with Crippen molar-refractivity contribution in [1.82, 2.24) is 0 Å². The minimum Gasteiger partial charge on any atom is -0.461 e.